The summed E-state index contributed by atoms with van der Waals surface area (Å²) in [6.45, 7) is 24.6. The molecular weight excluding hydrogens is 1750 g/mol. The van der Waals surface area contributed by atoms with E-state index in [0.29, 0.717) is 56.4 Å². The molecule has 6 heterocycles. The smallest absolute Gasteiger partial charge is 0.474 e. The second-order valence-electron chi connectivity index (χ2n) is 35.8. The number of fused-ring (bicyclic) bond motifs is 2. The van der Waals surface area contributed by atoms with Gasteiger partial charge in [0.2, 0.25) is 11.9 Å². The van der Waals surface area contributed by atoms with Crippen molar-refractivity contribution in [3.8, 4) is 23.0 Å². The fraction of sp³-hybridized carbons (Fsp3) is 0.368. The fourth-order valence-electron chi connectivity index (χ4n) is 15.3. The van der Waals surface area contributed by atoms with E-state index in [1.165, 1.54) is 21.8 Å². The zero-order chi connectivity index (χ0) is 93.6. The van der Waals surface area contributed by atoms with Crippen molar-refractivity contribution in [1.29, 1.82) is 0 Å². The first-order chi connectivity index (χ1) is 62.3. The number of carbonyl (C=O) groups is 2. The molecule has 8 aromatic carbocycles. The predicted molar refractivity (Wildman–Crippen MR) is 497 cm³/mol. The Morgan fingerprint density at radius 3 is 1.05 bits per heavy atom. The van der Waals surface area contributed by atoms with Crippen LogP contribution in [0.25, 0.3) is 22.3 Å². The van der Waals surface area contributed by atoms with Crippen LogP contribution in [0.4, 0.5) is 11.9 Å². The van der Waals surface area contributed by atoms with E-state index >= 15 is 0 Å². The third-order valence-corrected chi connectivity index (χ3v) is 35.1. The van der Waals surface area contributed by atoms with Gasteiger partial charge in [0.15, 0.2) is 71.4 Å². The van der Waals surface area contributed by atoms with Gasteiger partial charge in [-0.05, 0) is 141 Å². The summed E-state index contributed by atoms with van der Waals surface area (Å²) in [7, 11) is -14.1. The standard InChI is InChI=1S/C95H112N10O22P2Si2/c1-60(2)62-37-45-72(46-38-62)116-55-76(106)98-90-100-84-78(86(108)102-90)96-57-104(84)88-82(126-130(13,14)92(5,6)7)80(124-94(64-29-21-17-22-30-64,65-31-23-18-24-32-65)68-41-49-70(114-11)50-42-68)74(122-88)53-118-128(110,111)120-59-121-129(112,113)119-54-75-81(125-95(66-33-25-19-26-34-66,67-35-27-20-28-36-67)69-43-51-71(115-12)52-44-69)83(127-131(15,16)93(8,9)10)89(123-75)105-58-97-79-85(105)101-91(103-87(79)109)99-77(107)56-117-73-47-39-63(40-48-73)61(3)4/h17-52,57-58,60-61,74-75,80-83,88-89H,53-56,59H2,1-16H3,(H,110,111)(H,112,113)(H2,98,100,102,106,108)(H2,99,101,103,107,109)/t74-,75-,80-,81-,82-,83-,88?,89?/m1/s1. The summed E-state index contributed by atoms with van der Waals surface area (Å²) in [4.78, 5) is 104. The Morgan fingerprint density at radius 2 is 0.756 bits per heavy atom. The molecular formula is C95H112N10O22P2Si2. The van der Waals surface area contributed by atoms with Gasteiger partial charge in [-0.25, -0.2) is 19.1 Å². The van der Waals surface area contributed by atoms with Gasteiger partial charge in [0.25, 0.3) is 22.9 Å². The van der Waals surface area contributed by atoms with Gasteiger partial charge in [0.05, 0.1) is 40.1 Å². The first-order valence-corrected chi connectivity index (χ1v) is 51.9. The van der Waals surface area contributed by atoms with E-state index in [9.17, 15) is 38.1 Å². The molecule has 4 unspecified atom stereocenters. The highest BCUT2D eigenvalue weighted by Crippen LogP contribution is 2.55. The molecule has 36 heteroatoms. The molecule has 32 nitrogen and oxygen atoms in total. The zero-order valence-electron chi connectivity index (χ0n) is 75.9. The molecule has 6 N–H and O–H groups in total. The van der Waals surface area contributed by atoms with Crippen molar-refractivity contribution < 1.29 is 93.3 Å². The maximum Gasteiger partial charge on any atom is 0.474 e. The minimum absolute atomic E-state index is 0.0756. The largest absolute Gasteiger partial charge is 0.497 e. The highest BCUT2D eigenvalue weighted by molar-refractivity contribution is 7.48. The van der Waals surface area contributed by atoms with Gasteiger partial charge in [-0.1, -0.05) is 239 Å². The van der Waals surface area contributed by atoms with Crippen molar-refractivity contribution in [2.75, 3.05) is 58.1 Å². The van der Waals surface area contributed by atoms with Crippen molar-refractivity contribution in [3.05, 3.63) is 296 Å². The number of nitrogens with zero attached hydrogens (tertiary/aromatic N) is 6. The number of aromatic nitrogens is 8. The number of imidazole rings is 2. The van der Waals surface area contributed by atoms with E-state index in [0.717, 1.165) is 11.1 Å². The Balaban J connectivity index is 0.796. The minimum atomic E-state index is -5.51. The number of nitrogens with one attached hydrogen (secondary N) is 4. The van der Waals surface area contributed by atoms with Crippen LogP contribution in [-0.2, 0) is 75.8 Å². The summed E-state index contributed by atoms with van der Waals surface area (Å²) >= 11 is 0. The van der Waals surface area contributed by atoms with Crippen LogP contribution < -0.4 is 40.7 Å². The molecule has 2 amide bonds. The number of benzene rings is 8. The molecule has 692 valence electrons. The molecule has 0 aliphatic carbocycles. The van der Waals surface area contributed by atoms with Gasteiger partial charge in [-0.15, -0.1) is 0 Å². The first kappa shape index (κ1) is 96.1. The van der Waals surface area contributed by atoms with E-state index in [1.54, 1.807) is 62.8 Å². The SMILES string of the molecule is COc1ccc(C(O[C@@H]2[C@@H](COP(=O)(O)OCOP(=O)(O)OC[C@H]3OC(n4cnc5c(=O)[nH]c(NC(=O)COc6ccc(C(C)C)cc6)nc54)[C@H](O[Si](C)(C)C(C)(C)C)[C@@H]3OC(c3ccccc3)(c3ccccc3)c3ccc(OC)cc3)OC(n3cnc4c(=O)[nH]c(NC(=O)COc5ccc(C(C)C)cc5)nc43)[C@@H]2O[Si](C)(C)C(C)(C)C)(c2ccccc2)c2ccccc2)cc1. The van der Waals surface area contributed by atoms with Gasteiger partial charge in [-0.2, -0.15) is 9.97 Å². The van der Waals surface area contributed by atoms with Crippen LogP contribution in [-0.4, -0.2) is 161 Å². The summed E-state index contributed by atoms with van der Waals surface area (Å²) in [5, 5.41) is 4.27. The summed E-state index contributed by atoms with van der Waals surface area (Å²) in [5.74, 6) is 0.643. The van der Waals surface area contributed by atoms with Crippen LogP contribution in [0.1, 0.15) is 138 Å². The molecule has 4 aromatic heterocycles. The number of hydrogen-bond acceptors (Lipinski definition) is 24. The molecule has 2 saturated heterocycles. The number of aromatic amines is 2. The second-order valence-corrected chi connectivity index (χ2v) is 48.2. The van der Waals surface area contributed by atoms with E-state index in [2.05, 4.69) is 58.3 Å². The van der Waals surface area contributed by atoms with E-state index in [4.69, 9.17) is 74.8 Å². The average molecular weight is 1860 g/mol. The highest BCUT2D eigenvalue weighted by atomic mass is 31.2. The molecule has 2 aliphatic rings. The van der Waals surface area contributed by atoms with Crippen LogP contribution in [0, 0.1) is 0 Å². The Labute approximate surface area is 761 Å². The van der Waals surface area contributed by atoms with Crippen molar-refractivity contribution in [2.24, 2.45) is 0 Å². The Morgan fingerprint density at radius 1 is 0.450 bits per heavy atom. The van der Waals surface area contributed by atoms with Crippen molar-refractivity contribution in [2.45, 2.75) is 178 Å². The number of H-pyrrole nitrogens is 2. The summed E-state index contributed by atoms with van der Waals surface area (Å²) in [5.41, 5.74) is 0.714. The monoisotopic (exact) mass is 1860 g/mol. The number of amides is 2. The number of phosphoric ester groups is 2. The lowest BCUT2D eigenvalue weighted by Crippen LogP contribution is -2.52. The van der Waals surface area contributed by atoms with Crippen LogP contribution in [0.3, 0.4) is 0 Å². The van der Waals surface area contributed by atoms with E-state index < -0.39 is 159 Å². The van der Waals surface area contributed by atoms with Gasteiger partial charge in [0.1, 0.15) is 70.8 Å². The fourth-order valence-corrected chi connectivity index (χ4v) is 19.1. The summed E-state index contributed by atoms with van der Waals surface area (Å²) < 4.78 is 124. The molecule has 10 atom stereocenters. The Bertz CT molecular complexity index is 5700. The van der Waals surface area contributed by atoms with Gasteiger partial charge in [0, 0.05) is 0 Å². The third kappa shape index (κ3) is 21.5. The average Bonchev–Trinajstić information content (AvgIpc) is 1.67. The summed E-state index contributed by atoms with van der Waals surface area (Å²) in [6, 6.07) is 66.8. The van der Waals surface area contributed by atoms with Crippen LogP contribution in [0.5, 0.6) is 23.0 Å². The number of phosphoric acid groups is 2. The molecule has 2 fully saturated rings. The lowest BCUT2D eigenvalue weighted by molar-refractivity contribution is -0.118. The number of ether oxygens (including phenoxy) is 8. The third-order valence-electron chi connectivity index (χ3n) is 24.4. The first-order valence-electron chi connectivity index (χ1n) is 43.1. The highest BCUT2D eigenvalue weighted by Gasteiger charge is 2.59. The molecule has 0 radical (unpaired) electrons. The number of hydrogen-bond donors (Lipinski definition) is 6. The number of rotatable bonds is 38. The van der Waals surface area contributed by atoms with Crippen molar-refractivity contribution >= 4 is 78.3 Å². The quantitative estimate of drug-likeness (QED) is 0.00906. The zero-order valence-corrected chi connectivity index (χ0v) is 79.7. The lowest BCUT2D eigenvalue weighted by Gasteiger charge is -2.44. The van der Waals surface area contributed by atoms with E-state index in [-0.39, 0.29) is 46.1 Å². The van der Waals surface area contributed by atoms with E-state index in [1.807, 2.05) is 238 Å². The summed E-state index contributed by atoms with van der Waals surface area (Å²) in [6.07, 6.45) is -8.28. The second kappa shape index (κ2) is 39.8. The predicted octanol–water partition coefficient (Wildman–Crippen LogP) is 17.1. The maximum atomic E-state index is 14.9. The lowest BCUT2D eigenvalue weighted by atomic mass is 9.79. The van der Waals surface area contributed by atoms with Crippen LogP contribution in [0.15, 0.2) is 241 Å². The van der Waals surface area contributed by atoms with Crippen molar-refractivity contribution in [1.82, 2.24) is 39.0 Å². The van der Waals surface area contributed by atoms with Gasteiger partial charge in [-0.3, -0.25) is 67.0 Å². The number of anilines is 2. The Kier molecular flexibility index (Phi) is 29.2. The van der Waals surface area contributed by atoms with Gasteiger partial charge >= 0.3 is 15.6 Å². The van der Waals surface area contributed by atoms with Crippen LogP contribution in [0.2, 0.25) is 36.3 Å². The molecule has 0 spiro atoms. The number of methoxy groups -OCH3 is 2. The molecule has 0 saturated carbocycles. The van der Waals surface area contributed by atoms with Crippen LogP contribution >= 0.6 is 15.6 Å². The Hall–Kier alpha value is -11.0. The topological polar surface area (TPSA) is 389 Å². The molecule has 131 heavy (non-hydrogen) atoms. The molecule has 12 aromatic rings. The maximum absolute atomic E-state index is 14.9. The minimum Gasteiger partial charge on any atom is -0.497 e. The number of carbonyl (C=O) groups excluding carboxylic acids is 2. The molecule has 14 rings (SSSR count). The molecule has 2 aliphatic heterocycles. The normalized spacial score (nSPS) is 19.1. The van der Waals surface area contributed by atoms with Gasteiger partial charge < -0.3 is 56.5 Å². The molecule has 0 bridgehead atoms. The van der Waals surface area contributed by atoms with Crippen molar-refractivity contribution in [3.63, 3.8) is 0 Å².